The van der Waals surface area contributed by atoms with Crippen molar-refractivity contribution >= 4 is 28.3 Å². The van der Waals surface area contributed by atoms with E-state index >= 15 is 0 Å². The minimum Gasteiger partial charge on any atom is -0.478 e. The van der Waals surface area contributed by atoms with E-state index in [1.165, 1.54) is 18.3 Å². The fourth-order valence-electron chi connectivity index (χ4n) is 1.41. The van der Waals surface area contributed by atoms with Gasteiger partial charge in [0.15, 0.2) is 0 Å². The molecule has 0 radical (unpaired) electrons. The molecule has 0 unspecified atom stereocenters. The van der Waals surface area contributed by atoms with Gasteiger partial charge in [0.25, 0.3) is 5.56 Å². The molecule has 0 atom stereocenters. The lowest BCUT2D eigenvalue weighted by atomic mass is 10.1. The standard InChI is InChI=1S/C10H6ClNO3/c11-5-1-2-6-7(3-5)9(13)12-4-8(6)10(14)15/h1-4H,(H,12,13)(H,14,15). The lowest BCUT2D eigenvalue weighted by Crippen LogP contribution is -2.09. The lowest BCUT2D eigenvalue weighted by molar-refractivity contribution is 0.0698. The predicted octanol–water partition coefficient (Wildman–Crippen LogP) is 1.88. The molecule has 2 rings (SSSR count). The number of rotatable bonds is 1. The molecular weight excluding hydrogens is 218 g/mol. The van der Waals surface area contributed by atoms with Crippen LogP contribution in [-0.2, 0) is 0 Å². The van der Waals surface area contributed by atoms with Gasteiger partial charge in [-0.2, -0.15) is 0 Å². The molecule has 2 aromatic rings. The van der Waals surface area contributed by atoms with Crippen LogP contribution >= 0.6 is 11.6 Å². The monoisotopic (exact) mass is 223 g/mol. The molecule has 76 valence electrons. The maximum absolute atomic E-state index is 11.4. The first-order valence-corrected chi connectivity index (χ1v) is 4.51. The maximum atomic E-state index is 11.4. The molecule has 0 aliphatic heterocycles. The van der Waals surface area contributed by atoms with Crippen molar-refractivity contribution in [2.45, 2.75) is 0 Å². The molecule has 4 nitrogen and oxygen atoms in total. The van der Waals surface area contributed by atoms with E-state index in [0.717, 1.165) is 0 Å². The van der Waals surface area contributed by atoms with E-state index in [1.807, 2.05) is 0 Å². The summed E-state index contributed by atoms with van der Waals surface area (Å²) in [5, 5.41) is 9.95. The number of nitrogens with one attached hydrogen (secondary N) is 1. The van der Waals surface area contributed by atoms with Crippen LogP contribution in [0.2, 0.25) is 5.02 Å². The van der Waals surface area contributed by atoms with Gasteiger partial charge in [-0.05, 0) is 12.1 Å². The Hall–Kier alpha value is -1.81. The van der Waals surface area contributed by atoms with E-state index in [9.17, 15) is 9.59 Å². The second kappa shape index (κ2) is 3.40. The number of hydrogen-bond acceptors (Lipinski definition) is 2. The highest BCUT2D eigenvalue weighted by Gasteiger charge is 2.10. The summed E-state index contributed by atoms with van der Waals surface area (Å²) in [5.74, 6) is -1.08. The first-order chi connectivity index (χ1) is 7.09. The third-order valence-electron chi connectivity index (χ3n) is 2.09. The Labute approximate surface area is 89.1 Å². The van der Waals surface area contributed by atoms with Crippen molar-refractivity contribution in [3.63, 3.8) is 0 Å². The first kappa shape index (κ1) is 9.73. The highest BCUT2D eigenvalue weighted by atomic mass is 35.5. The molecule has 0 saturated heterocycles. The minimum absolute atomic E-state index is 0.0567. The number of carbonyl (C=O) groups is 1. The van der Waals surface area contributed by atoms with Gasteiger partial charge >= 0.3 is 5.97 Å². The molecule has 15 heavy (non-hydrogen) atoms. The van der Waals surface area contributed by atoms with Crippen LogP contribution in [0.25, 0.3) is 10.8 Å². The first-order valence-electron chi connectivity index (χ1n) is 4.14. The molecule has 2 N–H and O–H groups in total. The van der Waals surface area contributed by atoms with Crippen molar-refractivity contribution in [3.05, 3.63) is 45.3 Å². The van der Waals surface area contributed by atoms with Gasteiger partial charge in [-0.25, -0.2) is 4.79 Å². The Kier molecular flexibility index (Phi) is 2.21. The second-order valence-corrected chi connectivity index (χ2v) is 3.46. The summed E-state index contributed by atoms with van der Waals surface area (Å²) in [4.78, 5) is 24.6. The lowest BCUT2D eigenvalue weighted by Gasteiger charge is -2.01. The zero-order valence-corrected chi connectivity index (χ0v) is 8.21. The van der Waals surface area contributed by atoms with Crippen molar-refractivity contribution in [3.8, 4) is 0 Å². The Morgan fingerprint density at radius 1 is 1.33 bits per heavy atom. The van der Waals surface area contributed by atoms with Crippen molar-refractivity contribution in [1.82, 2.24) is 4.98 Å². The molecule has 0 aliphatic carbocycles. The van der Waals surface area contributed by atoms with E-state index in [1.54, 1.807) is 6.07 Å². The van der Waals surface area contributed by atoms with Gasteiger partial charge in [0.05, 0.1) is 5.56 Å². The molecule has 0 saturated carbocycles. The molecule has 1 heterocycles. The molecule has 0 amide bonds. The Balaban J connectivity index is 2.95. The van der Waals surface area contributed by atoms with E-state index in [4.69, 9.17) is 16.7 Å². The average molecular weight is 224 g/mol. The number of carboxylic acid groups (broad SMARTS) is 1. The summed E-state index contributed by atoms with van der Waals surface area (Å²) in [6.45, 7) is 0. The van der Waals surface area contributed by atoms with E-state index in [2.05, 4.69) is 4.98 Å². The van der Waals surface area contributed by atoms with Crippen molar-refractivity contribution in [2.24, 2.45) is 0 Å². The number of H-pyrrole nitrogens is 1. The molecular formula is C10H6ClNO3. The summed E-state index contributed by atoms with van der Waals surface area (Å²) in [6.07, 6.45) is 1.18. The van der Waals surface area contributed by atoms with Crippen LogP contribution in [0, 0.1) is 0 Å². The highest BCUT2D eigenvalue weighted by molar-refractivity contribution is 6.31. The molecule has 1 aromatic carbocycles. The van der Waals surface area contributed by atoms with Crippen LogP contribution in [0.4, 0.5) is 0 Å². The van der Waals surface area contributed by atoms with Crippen molar-refractivity contribution in [2.75, 3.05) is 0 Å². The van der Waals surface area contributed by atoms with E-state index in [0.29, 0.717) is 10.4 Å². The molecule has 0 spiro atoms. The zero-order chi connectivity index (χ0) is 11.0. The number of aromatic amines is 1. The van der Waals surface area contributed by atoms with Gasteiger partial charge in [-0.1, -0.05) is 17.7 Å². The van der Waals surface area contributed by atoms with Crippen LogP contribution in [0.15, 0.2) is 29.2 Å². The Morgan fingerprint density at radius 2 is 2.07 bits per heavy atom. The molecule has 0 fully saturated rings. The van der Waals surface area contributed by atoms with Crippen molar-refractivity contribution < 1.29 is 9.90 Å². The topological polar surface area (TPSA) is 70.2 Å². The Morgan fingerprint density at radius 3 is 2.73 bits per heavy atom. The summed E-state index contributed by atoms with van der Waals surface area (Å²) in [7, 11) is 0. The minimum atomic E-state index is -1.08. The normalized spacial score (nSPS) is 10.5. The van der Waals surface area contributed by atoms with E-state index < -0.39 is 5.97 Å². The van der Waals surface area contributed by atoms with Crippen LogP contribution in [0.3, 0.4) is 0 Å². The van der Waals surface area contributed by atoms with Crippen LogP contribution < -0.4 is 5.56 Å². The number of hydrogen-bond donors (Lipinski definition) is 2. The number of aromatic carboxylic acids is 1. The van der Waals surface area contributed by atoms with E-state index in [-0.39, 0.29) is 16.5 Å². The molecule has 1 aromatic heterocycles. The maximum Gasteiger partial charge on any atom is 0.337 e. The van der Waals surface area contributed by atoms with Crippen molar-refractivity contribution in [1.29, 1.82) is 0 Å². The summed E-state index contributed by atoms with van der Waals surface area (Å²) in [5.41, 5.74) is -0.293. The fourth-order valence-corrected chi connectivity index (χ4v) is 1.58. The molecule has 0 aliphatic rings. The summed E-state index contributed by atoms with van der Waals surface area (Å²) in [6, 6.07) is 4.52. The number of fused-ring (bicyclic) bond motifs is 1. The quantitative estimate of drug-likeness (QED) is 0.776. The largest absolute Gasteiger partial charge is 0.478 e. The number of pyridine rings is 1. The van der Waals surface area contributed by atoms with Gasteiger partial charge in [0, 0.05) is 22.0 Å². The summed E-state index contributed by atoms with van der Waals surface area (Å²) < 4.78 is 0. The SMILES string of the molecule is O=C(O)c1c[nH]c(=O)c2cc(Cl)ccc12. The third kappa shape index (κ3) is 1.59. The van der Waals surface area contributed by atoms with Gasteiger partial charge < -0.3 is 10.1 Å². The highest BCUT2D eigenvalue weighted by Crippen LogP contribution is 2.19. The van der Waals surface area contributed by atoms with Gasteiger partial charge in [0.2, 0.25) is 0 Å². The van der Waals surface area contributed by atoms with Gasteiger partial charge in [0.1, 0.15) is 0 Å². The smallest absolute Gasteiger partial charge is 0.337 e. The van der Waals surface area contributed by atoms with Crippen LogP contribution in [-0.4, -0.2) is 16.1 Å². The number of aromatic nitrogens is 1. The summed E-state index contributed by atoms with van der Waals surface area (Å²) >= 11 is 5.72. The third-order valence-corrected chi connectivity index (χ3v) is 2.33. The Bertz CT molecular complexity index is 603. The molecule has 0 bridgehead atoms. The zero-order valence-electron chi connectivity index (χ0n) is 7.45. The average Bonchev–Trinajstić information content (AvgIpc) is 2.19. The van der Waals surface area contributed by atoms with Crippen LogP contribution in [0.1, 0.15) is 10.4 Å². The number of carboxylic acids is 1. The van der Waals surface area contributed by atoms with Gasteiger partial charge in [-0.15, -0.1) is 0 Å². The van der Waals surface area contributed by atoms with Gasteiger partial charge in [-0.3, -0.25) is 4.79 Å². The number of benzene rings is 1. The number of halogens is 1. The second-order valence-electron chi connectivity index (χ2n) is 3.03. The van der Waals surface area contributed by atoms with Crippen LogP contribution in [0.5, 0.6) is 0 Å². The predicted molar refractivity (Wildman–Crippen MR) is 56.5 cm³/mol. The molecule has 5 heteroatoms. The fraction of sp³-hybridized carbons (Fsp3) is 0.